The van der Waals surface area contributed by atoms with Gasteiger partial charge in [0.25, 0.3) is 0 Å². The molecule has 0 spiro atoms. The normalized spacial score (nSPS) is 14.3. The number of fused-ring (bicyclic) bond motifs is 1. The molecule has 1 aromatic carbocycles. The number of aromatic nitrogens is 5. The van der Waals surface area contributed by atoms with Crippen molar-refractivity contribution in [1.82, 2.24) is 29.4 Å². The number of rotatable bonds is 8. The molecule has 3 aromatic heterocycles. The van der Waals surface area contributed by atoms with E-state index in [1.54, 1.807) is 18.3 Å². The number of aryl methyl sites for hydroxylation is 1. The number of likely N-dealkylation sites (tertiary alicyclic amines) is 1. The Labute approximate surface area is 214 Å². The summed E-state index contributed by atoms with van der Waals surface area (Å²) in [6, 6.07) is 6.58. The minimum absolute atomic E-state index is 0.0137. The van der Waals surface area contributed by atoms with Crippen molar-refractivity contribution in [3.63, 3.8) is 0 Å². The summed E-state index contributed by atoms with van der Waals surface area (Å²) < 4.78 is 37.8. The van der Waals surface area contributed by atoms with Crippen molar-refractivity contribution in [2.24, 2.45) is 0 Å². The zero-order valence-electron chi connectivity index (χ0n) is 21.7. The minimum atomic E-state index is -0.655. The number of nitrogens with zero attached hydrogens (tertiary/aromatic N) is 6. The molecule has 5 rings (SSSR count). The van der Waals surface area contributed by atoms with Gasteiger partial charge < -0.3 is 14.6 Å². The van der Waals surface area contributed by atoms with Crippen LogP contribution >= 0.6 is 0 Å². The molecule has 0 bridgehead atoms. The summed E-state index contributed by atoms with van der Waals surface area (Å²) in [5, 5.41) is 2.99. The summed E-state index contributed by atoms with van der Waals surface area (Å²) in [6.45, 7) is 13.0. The average molecular weight is 508 g/mol. The van der Waals surface area contributed by atoms with Gasteiger partial charge in [-0.2, -0.15) is 0 Å². The minimum Gasteiger partial charge on any atom is -0.485 e. The zero-order valence-corrected chi connectivity index (χ0v) is 21.7. The van der Waals surface area contributed by atoms with Crippen molar-refractivity contribution in [1.29, 1.82) is 0 Å². The van der Waals surface area contributed by atoms with E-state index in [-0.39, 0.29) is 28.8 Å². The molecule has 0 radical (unpaired) electrons. The third kappa shape index (κ3) is 5.24. The largest absolute Gasteiger partial charge is 0.485 e. The van der Waals surface area contributed by atoms with Gasteiger partial charge in [-0.1, -0.05) is 0 Å². The van der Waals surface area contributed by atoms with Crippen LogP contribution in [0.2, 0.25) is 0 Å². The SMILES string of the molecule is Cc1nc2c(F)cc(-c3nc(Nc4ccc(OC(C)(C)CN5CCC5)cn4)ncc3F)cc2n1C(C)C. The number of ether oxygens (including phenoxy) is 1. The maximum absolute atomic E-state index is 14.9. The molecule has 1 aliphatic heterocycles. The van der Waals surface area contributed by atoms with Gasteiger partial charge in [0.05, 0.1) is 17.9 Å². The first-order chi connectivity index (χ1) is 17.6. The van der Waals surface area contributed by atoms with E-state index in [9.17, 15) is 8.78 Å². The summed E-state index contributed by atoms with van der Waals surface area (Å²) in [7, 11) is 0. The van der Waals surface area contributed by atoms with Crippen molar-refractivity contribution in [2.45, 2.75) is 52.7 Å². The first-order valence-corrected chi connectivity index (χ1v) is 12.4. The highest BCUT2D eigenvalue weighted by Crippen LogP contribution is 2.30. The summed E-state index contributed by atoms with van der Waals surface area (Å²) in [5.41, 5.74) is 0.786. The number of benzene rings is 1. The monoisotopic (exact) mass is 507 g/mol. The van der Waals surface area contributed by atoms with E-state index >= 15 is 0 Å². The smallest absolute Gasteiger partial charge is 0.229 e. The molecule has 0 aliphatic carbocycles. The number of hydrogen-bond acceptors (Lipinski definition) is 7. The maximum Gasteiger partial charge on any atom is 0.229 e. The summed E-state index contributed by atoms with van der Waals surface area (Å²) >= 11 is 0. The van der Waals surface area contributed by atoms with Crippen LogP contribution in [-0.4, -0.2) is 54.6 Å². The maximum atomic E-state index is 14.9. The predicted molar refractivity (Wildman–Crippen MR) is 139 cm³/mol. The molecule has 4 heterocycles. The lowest BCUT2D eigenvalue weighted by atomic mass is 10.1. The van der Waals surface area contributed by atoms with Gasteiger partial charge in [-0.15, -0.1) is 0 Å². The molecule has 0 amide bonds. The van der Waals surface area contributed by atoms with Crippen LogP contribution in [0.15, 0.2) is 36.7 Å². The molecule has 0 unspecified atom stereocenters. The fourth-order valence-electron chi connectivity index (χ4n) is 4.75. The highest BCUT2D eigenvalue weighted by Gasteiger charge is 2.27. The van der Waals surface area contributed by atoms with Crippen LogP contribution in [0.5, 0.6) is 5.75 Å². The first kappa shape index (κ1) is 25.0. The Morgan fingerprint density at radius 1 is 1.05 bits per heavy atom. The molecule has 1 N–H and O–H groups in total. The van der Waals surface area contributed by atoms with E-state index < -0.39 is 11.6 Å². The molecular weight excluding hydrogens is 476 g/mol. The molecule has 194 valence electrons. The Hall–Kier alpha value is -3.66. The second-order valence-corrected chi connectivity index (χ2v) is 10.3. The lowest BCUT2D eigenvalue weighted by Gasteiger charge is -2.38. The number of imidazole rings is 1. The number of nitrogens with one attached hydrogen (secondary N) is 1. The molecule has 1 saturated heterocycles. The Balaban J connectivity index is 1.37. The van der Waals surface area contributed by atoms with Gasteiger partial charge in [-0.25, -0.2) is 28.7 Å². The Kier molecular flexibility index (Phi) is 6.53. The molecule has 0 atom stereocenters. The number of hydrogen-bond donors (Lipinski definition) is 1. The van der Waals surface area contributed by atoms with Gasteiger partial charge in [0.1, 0.15) is 34.2 Å². The Morgan fingerprint density at radius 3 is 2.49 bits per heavy atom. The van der Waals surface area contributed by atoms with Crippen molar-refractivity contribution < 1.29 is 13.5 Å². The van der Waals surface area contributed by atoms with E-state index in [1.165, 1.54) is 12.5 Å². The number of halogens is 2. The highest BCUT2D eigenvalue weighted by atomic mass is 19.1. The first-order valence-electron chi connectivity index (χ1n) is 12.4. The van der Waals surface area contributed by atoms with Gasteiger partial charge in [-0.3, -0.25) is 4.90 Å². The van der Waals surface area contributed by atoms with Crippen LogP contribution in [0.25, 0.3) is 22.3 Å². The summed E-state index contributed by atoms with van der Waals surface area (Å²) in [5.74, 6) is 0.770. The molecule has 37 heavy (non-hydrogen) atoms. The Morgan fingerprint density at radius 2 is 1.84 bits per heavy atom. The van der Waals surface area contributed by atoms with E-state index in [1.807, 2.05) is 31.4 Å². The molecule has 10 heteroatoms. The van der Waals surface area contributed by atoms with Crippen LogP contribution in [0.4, 0.5) is 20.5 Å². The third-order valence-corrected chi connectivity index (χ3v) is 6.38. The Bertz CT molecular complexity index is 1430. The van der Waals surface area contributed by atoms with Crippen molar-refractivity contribution >= 4 is 22.8 Å². The van der Waals surface area contributed by atoms with Crippen molar-refractivity contribution in [3.8, 4) is 17.0 Å². The summed E-state index contributed by atoms with van der Waals surface area (Å²) in [6.07, 6.45) is 3.92. The lowest BCUT2D eigenvalue weighted by molar-refractivity contribution is 0.0350. The van der Waals surface area contributed by atoms with Crippen LogP contribution in [0.1, 0.15) is 46.0 Å². The topological polar surface area (TPSA) is 81.0 Å². The number of anilines is 2. The van der Waals surface area contributed by atoms with Crippen LogP contribution in [-0.2, 0) is 0 Å². The van der Waals surface area contributed by atoms with Gasteiger partial charge in [-0.05, 0) is 78.4 Å². The summed E-state index contributed by atoms with van der Waals surface area (Å²) in [4.78, 5) is 19.5. The van der Waals surface area contributed by atoms with Gasteiger partial charge in [0.2, 0.25) is 5.95 Å². The quantitative estimate of drug-likeness (QED) is 0.329. The molecule has 4 aromatic rings. The van der Waals surface area contributed by atoms with Gasteiger partial charge in [0.15, 0.2) is 11.6 Å². The van der Waals surface area contributed by atoms with E-state index in [0.29, 0.717) is 28.5 Å². The van der Waals surface area contributed by atoms with Crippen LogP contribution in [0, 0.1) is 18.6 Å². The van der Waals surface area contributed by atoms with Crippen molar-refractivity contribution in [2.75, 3.05) is 25.0 Å². The standard InChI is InChI=1S/C27H31F2N7O/c1-16(2)36-17(3)32-25-20(28)11-18(12-22(25)36)24-21(29)14-31-26(34-24)33-23-8-7-19(13-30-23)37-27(4,5)15-35-9-6-10-35/h7-8,11-14,16H,6,9-10,15H2,1-5H3,(H,30,31,33,34). The molecule has 8 nitrogen and oxygen atoms in total. The third-order valence-electron chi connectivity index (χ3n) is 6.38. The highest BCUT2D eigenvalue weighted by molar-refractivity contribution is 5.83. The fourth-order valence-corrected chi connectivity index (χ4v) is 4.75. The van der Waals surface area contributed by atoms with E-state index in [4.69, 9.17) is 4.74 Å². The van der Waals surface area contributed by atoms with E-state index in [2.05, 4.69) is 44.0 Å². The number of pyridine rings is 1. The molecule has 1 aliphatic rings. The predicted octanol–water partition coefficient (Wildman–Crippen LogP) is 5.66. The second-order valence-electron chi connectivity index (χ2n) is 10.3. The van der Waals surface area contributed by atoms with E-state index in [0.717, 1.165) is 25.8 Å². The molecule has 1 fully saturated rings. The molecule has 0 saturated carbocycles. The van der Waals surface area contributed by atoms with Crippen LogP contribution in [0.3, 0.4) is 0 Å². The average Bonchev–Trinajstić information content (AvgIpc) is 3.15. The fraction of sp³-hybridized carbons (Fsp3) is 0.407. The lowest BCUT2D eigenvalue weighted by Crippen LogP contribution is -2.48. The van der Waals surface area contributed by atoms with Gasteiger partial charge >= 0.3 is 0 Å². The molecular formula is C27H31F2N7O. The second kappa shape index (κ2) is 9.66. The van der Waals surface area contributed by atoms with Crippen molar-refractivity contribution in [3.05, 3.63) is 54.1 Å². The van der Waals surface area contributed by atoms with Gasteiger partial charge in [0, 0.05) is 18.2 Å². The van der Waals surface area contributed by atoms with Crippen LogP contribution < -0.4 is 10.1 Å². The zero-order chi connectivity index (χ0) is 26.3.